The van der Waals surface area contributed by atoms with E-state index in [-0.39, 0.29) is 10.5 Å². The van der Waals surface area contributed by atoms with Crippen LogP contribution in [0.4, 0.5) is 18.0 Å². The fourth-order valence-electron chi connectivity index (χ4n) is 1.57. The summed E-state index contributed by atoms with van der Waals surface area (Å²) < 4.78 is 46.0. The average Bonchev–Trinajstić information content (AvgIpc) is 2.53. The maximum atomic E-state index is 12.1. The molecule has 2 atom stereocenters. The van der Waals surface area contributed by atoms with E-state index in [1.807, 2.05) is 22.6 Å². The van der Waals surface area contributed by atoms with Gasteiger partial charge in [0.05, 0.1) is 16.6 Å². The summed E-state index contributed by atoms with van der Waals surface area (Å²) in [4.78, 5) is 13.2. The van der Waals surface area contributed by atoms with Crippen molar-refractivity contribution in [2.24, 2.45) is 0 Å². The minimum Gasteiger partial charge on any atom is -0.444 e. The van der Waals surface area contributed by atoms with Gasteiger partial charge in [-0.15, -0.1) is 0 Å². The Kier molecular flexibility index (Phi) is 5.33. The van der Waals surface area contributed by atoms with E-state index < -0.39 is 30.6 Å². The lowest BCUT2D eigenvalue weighted by Crippen LogP contribution is -2.36. The highest BCUT2D eigenvalue weighted by Gasteiger charge is 2.39. The van der Waals surface area contributed by atoms with Crippen LogP contribution in [0.2, 0.25) is 0 Å². The maximum absolute atomic E-state index is 12.1. The molecule has 1 aliphatic heterocycles. The van der Waals surface area contributed by atoms with Gasteiger partial charge in [0, 0.05) is 6.54 Å². The molecule has 112 valence electrons. The molecule has 2 unspecified atom stereocenters. The van der Waals surface area contributed by atoms with E-state index in [0.29, 0.717) is 6.54 Å². The van der Waals surface area contributed by atoms with Crippen LogP contribution in [0.3, 0.4) is 0 Å². The summed E-state index contributed by atoms with van der Waals surface area (Å²) in [6, 6.07) is 0. The molecule has 0 aromatic heterocycles. The van der Waals surface area contributed by atoms with Crippen LogP contribution < -0.4 is 0 Å². The molecule has 0 spiro atoms. The number of alkyl halides is 4. The van der Waals surface area contributed by atoms with Gasteiger partial charge in [-0.25, -0.2) is 4.79 Å². The Morgan fingerprint density at radius 3 is 2.37 bits per heavy atom. The van der Waals surface area contributed by atoms with Crippen LogP contribution in [0.5, 0.6) is 0 Å². The van der Waals surface area contributed by atoms with Crippen molar-refractivity contribution in [3.63, 3.8) is 0 Å². The number of rotatable bonds is 2. The molecule has 0 aliphatic carbocycles. The fraction of sp³-hybridized carbons (Fsp3) is 0.909. The molecule has 4 nitrogen and oxygen atoms in total. The molecule has 0 radical (unpaired) electrons. The number of carbonyl (C=O) groups excluding carboxylic acids is 1. The minimum atomic E-state index is -4.35. The number of halogens is 4. The van der Waals surface area contributed by atoms with Crippen LogP contribution in [0.15, 0.2) is 0 Å². The van der Waals surface area contributed by atoms with E-state index in [4.69, 9.17) is 9.47 Å². The first-order chi connectivity index (χ1) is 8.48. The molecule has 1 aliphatic rings. The van der Waals surface area contributed by atoms with Crippen LogP contribution in [0, 0.1) is 0 Å². The normalized spacial score (nSPS) is 24.7. The van der Waals surface area contributed by atoms with Crippen molar-refractivity contribution in [1.29, 1.82) is 0 Å². The second-order valence-corrected chi connectivity index (χ2v) is 6.97. The quantitative estimate of drug-likeness (QED) is 0.533. The van der Waals surface area contributed by atoms with E-state index in [1.165, 1.54) is 4.90 Å². The first-order valence-electron chi connectivity index (χ1n) is 5.78. The topological polar surface area (TPSA) is 38.8 Å². The Morgan fingerprint density at radius 2 is 1.89 bits per heavy atom. The summed E-state index contributed by atoms with van der Waals surface area (Å²) in [5.74, 6) is 0. The van der Waals surface area contributed by atoms with E-state index in [2.05, 4.69) is 0 Å². The molecular formula is C11H17F3INO3. The Morgan fingerprint density at radius 1 is 1.32 bits per heavy atom. The summed E-state index contributed by atoms with van der Waals surface area (Å²) in [6.45, 7) is 4.37. The summed E-state index contributed by atoms with van der Waals surface area (Å²) in [7, 11) is 0. The smallest absolute Gasteiger partial charge is 0.411 e. The second kappa shape index (κ2) is 6.02. The highest BCUT2D eigenvalue weighted by Crippen LogP contribution is 2.25. The molecular weight excluding hydrogens is 378 g/mol. The van der Waals surface area contributed by atoms with Gasteiger partial charge in [-0.1, -0.05) is 22.6 Å². The standard InChI is InChI=1S/C11H17F3INO3/c1-10(2,3)19-9(17)16-4-7(15)8(5-16)18-6-11(12,13)14/h7-8H,4-6H2,1-3H3. The van der Waals surface area contributed by atoms with Crippen molar-refractivity contribution in [1.82, 2.24) is 4.90 Å². The molecule has 1 heterocycles. The lowest BCUT2D eigenvalue weighted by molar-refractivity contribution is -0.183. The van der Waals surface area contributed by atoms with Crippen molar-refractivity contribution in [3.05, 3.63) is 0 Å². The van der Waals surface area contributed by atoms with Gasteiger partial charge in [-0.3, -0.25) is 0 Å². The van der Waals surface area contributed by atoms with Crippen molar-refractivity contribution < 1.29 is 27.4 Å². The number of ether oxygens (including phenoxy) is 2. The second-order valence-electron chi connectivity index (χ2n) is 5.37. The predicted octanol–water partition coefficient (Wildman–Crippen LogP) is 2.99. The monoisotopic (exact) mass is 395 g/mol. The van der Waals surface area contributed by atoms with Gasteiger partial charge in [0.15, 0.2) is 0 Å². The van der Waals surface area contributed by atoms with Gasteiger partial charge in [-0.2, -0.15) is 13.2 Å². The average molecular weight is 395 g/mol. The molecule has 1 saturated heterocycles. The van der Waals surface area contributed by atoms with Gasteiger partial charge >= 0.3 is 12.3 Å². The third kappa shape index (κ3) is 6.15. The van der Waals surface area contributed by atoms with Crippen LogP contribution in [-0.4, -0.2) is 52.5 Å². The number of likely N-dealkylation sites (tertiary alicyclic amines) is 1. The Balaban J connectivity index is 2.48. The summed E-state index contributed by atoms with van der Waals surface area (Å²) in [5, 5.41) is 0. The zero-order valence-corrected chi connectivity index (χ0v) is 13.1. The Labute approximate surface area is 123 Å². The van der Waals surface area contributed by atoms with E-state index in [9.17, 15) is 18.0 Å². The molecule has 1 fully saturated rings. The van der Waals surface area contributed by atoms with Crippen molar-refractivity contribution in [3.8, 4) is 0 Å². The molecule has 0 aromatic rings. The lowest BCUT2D eigenvalue weighted by atomic mass is 10.2. The van der Waals surface area contributed by atoms with Crippen LogP contribution in [-0.2, 0) is 9.47 Å². The molecule has 8 heteroatoms. The first kappa shape index (κ1) is 16.8. The summed E-state index contributed by atoms with van der Waals surface area (Å²) in [6.07, 6.45) is -5.49. The SMILES string of the molecule is CC(C)(C)OC(=O)N1CC(I)C(OCC(F)(F)F)C1. The number of carbonyl (C=O) groups is 1. The lowest BCUT2D eigenvalue weighted by Gasteiger charge is -2.24. The fourth-order valence-corrected chi connectivity index (χ4v) is 2.48. The number of nitrogens with zero attached hydrogens (tertiary/aromatic N) is 1. The van der Waals surface area contributed by atoms with Gasteiger partial charge in [-0.05, 0) is 20.8 Å². The molecule has 1 amide bonds. The van der Waals surface area contributed by atoms with E-state index >= 15 is 0 Å². The van der Waals surface area contributed by atoms with Crippen LogP contribution >= 0.6 is 22.6 Å². The Hall–Kier alpha value is -0.250. The summed E-state index contributed by atoms with van der Waals surface area (Å²) >= 11 is 1.99. The molecule has 0 N–H and O–H groups in total. The first-order valence-corrected chi connectivity index (χ1v) is 7.03. The number of hydrogen-bond donors (Lipinski definition) is 0. The van der Waals surface area contributed by atoms with Crippen LogP contribution in [0.1, 0.15) is 20.8 Å². The minimum absolute atomic E-state index is 0.124. The molecule has 0 aromatic carbocycles. The van der Waals surface area contributed by atoms with Gasteiger partial charge in [0.25, 0.3) is 0 Å². The van der Waals surface area contributed by atoms with Gasteiger partial charge in [0.1, 0.15) is 12.2 Å². The highest BCUT2D eigenvalue weighted by molar-refractivity contribution is 14.1. The molecule has 19 heavy (non-hydrogen) atoms. The molecule has 0 saturated carbocycles. The molecule has 1 rings (SSSR count). The number of hydrogen-bond acceptors (Lipinski definition) is 3. The molecule has 0 bridgehead atoms. The van der Waals surface area contributed by atoms with E-state index in [0.717, 1.165) is 0 Å². The van der Waals surface area contributed by atoms with Gasteiger partial charge in [0.2, 0.25) is 0 Å². The highest BCUT2D eigenvalue weighted by atomic mass is 127. The van der Waals surface area contributed by atoms with Crippen molar-refractivity contribution >= 4 is 28.7 Å². The van der Waals surface area contributed by atoms with E-state index in [1.54, 1.807) is 20.8 Å². The summed E-state index contributed by atoms with van der Waals surface area (Å²) in [5.41, 5.74) is -0.622. The zero-order chi connectivity index (χ0) is 14.8. The van der Waals surface area contributed by atoms with Crippen molar-refractivity contribution in [2.75, 3.05) is 19.7 Å². The van der Waals surface area contributed by atoms with Gasteiger partial charge < -0.3 is 14.4 Å². The zero-order valence-electron chi connectivity index (χ0n) is 11.0. The van der Waals surface area contributed by atoms with Crippen molar-refractivity contribution in [2.45, 2.75) is 42.6 Å². The van der Waals surface area contributed by atoms with Crippen LogP contribution in [0.25, 0.3) is 0 Å². The Bertz CT molecular complexity index is 330. The third-order valence-corrected chi connectivity index (χ3v) is 3.51. The maximum Gasteiger partial charge on any atom is 0.411 e. The predicted molar refractivity (Wildman–Crippen MR) is 71.4 cm³/mol. The third-order valence-electron chi connectivity index (χ3n) is 2.31. The number of amides is 1. The largest absolute Gasteiger partial charge is 0.444 e.